The normalized spacial score (nSPS) is 10.3. The molecule has 28 heavy (non-hydrogen) atoms. The van der Waals surface area contributed by atoms with Crippen molar-refractivity contribution in [1.82, 2.24) is 10.6 Å². The molecule has 2 amide bonds. The zero-order valence-corrected chi connectivity index (χ0v) is 16.2. The average molecular weight is 384 g/mol. The van der Waals surface area contributed by atoms with Crippen LogP contribution in [0.4, 0.5) is 4.79 Å². The number of amides is 2. The standard InChI is InChI=1S/C21H24N2O5/c1-14(2)23-21(26)22-12-15-8-10-16(11-9-15)20(25)28-13-18(24)17-6-4-5-7-19(17)27-3/h4-11,14H,12-13H2,1-3H3,(H2,22,23,26). The summed E-state index contributed by atoms with van der Waals surface area (Å²) in [6.07, 6.45) is 0. The molecule has 0 aliphatic heterocycles. The van der Waals surface area contributed by atoms with Crippen LogP contribution in [0, 0.1) is 0 Å². The number of hydrogen-bond donors (Lipinski definition) is 2. The zero-order chi connectivity index (χ0) is 20.5. The van der Waals surface area contributed by atoms with Crippen LogP contribution in [0.5, 0.6) is 5.75 Å². The van der Waals surface area contributed by atoms with Crippen molar-refractivity contribution < 1.29 is 23.9 Å². The third-order valence-corrected chi connectivity index (χ3v) is 3.80. The van der Waals surface area contributed by atoms with Crippen molar-refractivity contribution in [2.75, 3.05) is 13.7 Å². The molecule has 0 saturated heterocycles. The van der Waals surface area contributed by atoms with E-state index in [9.17, 15) is 14.4 Å². The van der Waals surface area contributed by atoms with Crippen LogP contribution in [0.1, 0.15) is 40.1 Å². The highest BCUT2D eigenvalue weighted by molar-refractivity contribution is 6.01. The molecule has 148 valence electrons. The van der Waals surface area contributed by atoms with Crippen LogP contribution < -0.4 is 15.4 Å². The van der Waals surface area contributed by atoms with Crippen LogP contribution in [-0.2, 0) is 11.3 Å². The number of carbonyl (C=O) groups is 3. The van der Waals surface area contributed by atoms with Crippen molar-refractivity contribution in [1.29, 1.82) is 0 Å². The second-order valence-corrected chi connectivity index (χ2v) is 6.38. The van der Waals surface area contributed by atoms with E-state index in [0.29, 0.717) is 23.4 Å². The number of para-hydroxylation sites is 1. The van der Waals surface area contributed by atoms with Gasteiger partial charge in [-0.15, -0.1) is 0 Å². The Kier molecular flexibility index (Phi) is 7.56. The Hall–Kier alpha value is -3.35. The van der Waals surface area contributed by atoms with Crippen LogP contribution in [0.2, 0.25) is 0 Å². The lowest BCUT2D eigenvalue weighted by Crippen LogP contribution is -2.39. The van der Waals surface area contributed by atoms with E-state index < -0.39 is 5.97 Å². The number of hydrogen-bond acceptors (Lipinski definition) is 5. The van der Waals surface area contributed by atoms with Crippen LogP contribution in [0.25, 0.3) is 0 Å². The summed E-state index contributed by atoms with van der Waals surface area (Å²) < 4.78 is 10.2. The lowest BCUT2D eigenvalue weighted by molar-refractivity contribution is 0.0474. The van der Waals surface area contributed by atoms with Gasteiger partial charge >= 0.3 is 12.0 Å². The van der Waals surface area contributed by atoms with Gasteiger partial charge in [0.1, 0.15) is 5.75 Å². The molecule has 2 aromatic carbocycles. The highest BCUT2D eigenvalue weighted by atomic mass is 16.5. The summed E-state index contributed by atoms with van der Waals surface area (Å²) in [5, 5.41) is 5.45. The van der Waals surface area contributed by atoms with Gasteiger partial charge in [0.15, 0.2) is 6.61 Å². The summed E-state index contributed by atoms with van der Waals surface area (Å²) in [5.41, 5.74) is 1.52. The predicted octanol–water partition coefficient (Wildman–Crippen LogP) is 2.94. The van der Waals surface area contributed by atoms with E-state index in [4.69, 9.17) is 9.47 Å². The van der Waals surface area contributed by atoms with Gasteiger partial charge in [0.05, 0.1) is 18.2 Å². The topological polar surface area (TPSA) is 93.7 Å². The summed E-state index contributed by atoms with van der Waals surface area (Å²) in [4.78, 5) is 36.0. The summed E-state index contributed by atoms with van der Waals surface area (Å²) in [5.74, 6) is -0.509. The molecule has 0 spiro atoms. The van der Waals surface area contributed by atoms with E-state index in [1.54, 1.807) is 48.5 Å². The zero-order valence-electron chi connectivity index (χ0n) is 16.2. The lowest BCUT2D eigenvalue weighted by Gasteiger charge is -2.10. The minimum Gasteiger partial charge on any atom is -0.496 e. The van der Waals surface area contributed by atoms with Crippen LogP contribution in [0.15, 0.2) is 48.5 Å². The van der Waals surface area contributed by atoms with Crippen molar-refractivity contribution in [2.45, 2.75) is 26.4 Å². The molecular formula is C21H24N2O5. The minimum atomic E-state index is -0.597. The molecule has 7 nitrogen and oxygen atoms in total. The number of esters is 1. The summed E-state index contributed by atoms with van der Waals surface area (Å²) >= 11 is 0. The van der Waals surface area contributed by atoms with Crippen molar-refractivity contribution in [3.63, 3.8) is 0 Å². The molecule has 0 fully saturated rings. The molecule has 2 N–H and O–H groups in total. The molecule has 7 heteroatoms. The minimum absolute atomic E-state index is 0.0516. The average Bonchev–Trinajstić information content (AvgIpc) is 2.70. The Morgan fingerprint density at radius 2 is 1.68 bits per heavy atom. The SMILES string of the molecule is COc1ccccc1C(=O)COC(=O)c1ccc(CNC(=O)NC(C)C)cc1. The Morgan fingerprint density at radius 1 is 1.00 bits per heavy atom. The van der Waals surface area contributed by atoms with Crippen LogP contribution in [-0.4, -0.2) is 37.5 Å². The third-order valence-electron chi connectivity index (χ3n) is 3.80. The number of rotatable bonds is 8. The Bertz CT molecular complexity index is 831. The quantitative estimate of drug-likeness (QED) is 0.539. The number of Topliss-reactive ketones (excluding diaryl/α,β-unsaturated/α-hetero) is 1. The van der Waals surface area contributed by atoms with Crippen molar-refractivity contribution in [3.8, 4) is 5.75 Å². The highest BCUT2D eigenvalue weighted by Crippen LogP contribution is 2.18. The molecule has 0 unspecified atom stereocenters. The number of carbonyl (C=O) groups excluding carboxylic acids is 3. The molecule has 0 bridgehead atoms. The fourth-order valence-electron chi connectivity index (χ4n) is 2.42. The molecule has 0 aliphatic rings. The molecule has 0 aromatic heterocycles. The van der Waals surface area contributed by atoms with Crippen molar-refractivity contribution in [3.05, 3.63) is 65.2 Å². The van der Waals surface area contributed by atoms with Gasteiger partial charge in [-0.1, -0.05) is 24.3 Å². The smallest absolute Gasteiger partial charge is 0.338 e. The molecule has 0 aliphatic carbocycles. The van der Waals surface area contributed by atoms with E-state index in [1.807, 2.05) is 13.8 Å². The van der Waals surface area contributed by atoms with E-state index in [0.717, 1.165) is 5.56 Å². The maximum atomic E-state index is 12.2. The first kappa shape index (κ1) is 21.0. The van der Waals surface area contributed by atoms with E-state index in [-0.39, 0.29) is 24.5 Å². The second-order valence-electron chi connectivity index (χ2n) is 6.38. The second kappa shape index (κ2) is 10.1. The van der Waals surface area contributed by atoms with E-state index >= 15 is 0 Å². The number of methoxy groups -OCH3 is 1. The van der Waals surface area contributed by atoms with Gasteiger partial charge in [-0.05, 0) is 43.7 Å². The molecule has 2 aromatic rings. The summed E-state index contributed by atoms with van der Waals surface area (Å²) in [6.45, 7) is 3.70. The summed E-state index contributed by atoms with van der Waals surface area (Å²) in [6, 6.07) is 13.2. The van der Waals surface area contributed by atoms with Gasteiger partial charge < -0.3 is 20.1 Å². The lowest BCUT2D eigenvalue weighted by atomic mass is 10.1. The third kappa shape index (κ3) is 6.12. The molecule has 0 atom stereocenters. The molecular weight excluding hydrogens is 360 g/mol. The molecule has 0 heterocycles. The number of ether oxygens (including phenoxy) is 2. The van der Waals surface area contributed by atoms with Crippen molar-refractivity contribution >= 4 is 17.8 Å². The number of ketones is 1. The van der Waals surface area contributed by atoms with Gasteiger partial charge in [-0.25, -0.2) is 9.59 Å². The van der Waals surface area contributed by atoms with E-state index in [2.05, 4.69) is 10.6 Å². The Balaban J connectivity index is 1.87. The largest absolute Gasteiger partial charge is 0.496 e. The molecule has 2 rings (SSSR count). The maximum absolute atomic E-state index is 12.2. The van der Waals surface area contributed by atoms with Crippen molar-refractivity contribution in [2.24, 2.45) is 0 Å². The number of urea groups is 1. The van der Waals surface area contributed by atoms with E-state index in [1.165, 1.54) is 7.11 Å². The molecule has 0 radical (unpaired) electrons. The number of benzene rings is 2. The van der Waals surface area contributed by atoms with Gasteiger partial charge in [-0.3, -0.25) is 4.79 Å². The fraction of sp³-hybridized carbons (Fsp3) is 0.286. The van der Waals surface area contributed by atoms with Gasteiger partial charge in [-0.2, -0.15) is 0 Å². The summed E-state index contributed by atoms with van der Waals surface area (Å²) in [7, 11) is 1.47. The molecule has 0 saturated carbocycles. The fourth-order valence-corrected chi connectivity index (χ4v) is 2.42. The Labute approximate surface area is 164 Å². The first-order valence-corrected chi connectivity index (χ1v) is 8.87. The maximum Gasteiger partial charge on any atom is 0.338 e. The van der Waals surface area contributed by atoms with Gasteiger partial charge in [0.25, 0.3) is 0 Å². The van der Waals surface area contributed by atoms with Crippen LogP contribution in [0.3, 0.4) is 0 Å². The Morgan fingerprint density at radius 3 is 2.32 bits per heavy atom. The predicted molar refractivity (Wildman–Crippen MR) is 105 cm³/mol. The first-order valence-electron chi connectivity index (χ1n) is 8.87. The van der Waals surface area contributed by atoms with Crippen LogP contribution >= 0.6 is 0 Å². The monoisotopic (exact) mass is 384 g/mol. The highest BCUT2D eigenvalue weighted by Gasteiger charge is 2.15. The number of nitrogens with one attached hydrogen (secondary N) is 2. The van der Waals surface area contributed by atoms with Gasteiger partial charge in [0, 0.05) is 12.6 Å². The van der Waals surface area contributed by atoms with Gasteiger partial charge in [0.2, 0.25) is 5.78 Å². The first-order chi connectivity index (χ1) is 13.4.